The predicted octanol–water partition coefficient (Wildman–Crippen LogP) is 2.96. The van der Waals surface area contributed by atoms with Crippen LogP contribution in [0.2, 0.25) is 0 Å². The lowest BCUT2D eigenvalue weighted by molar-refractivity contribution is 0.0754. The number of rotatable bonds is 8. The van der Waals surface area contributed by atoms with Crippen molar-refractivity contribution in [2.45, 2.75) is 50.8 Å². The third-order valence-electron chi connectivity index (χ3n) is 5.78. The molecular weight excluding hydrogens is 402 g/mol. The third kappa shape index (κ3) is 5.15. The number of benzene rings is 1. The van der Waals surface area contributed by atoms with Crippen molar-refractivity contribution in [1.29, 1.82) is 0 Å². The minimum Gasteiger partial charge on any atom is -0.378 e. The molecule has 2 fully saturated rings. The number of hydrogen-bond donors (Lipinski definition) is 0. The Hall–Kier alpha value is -1.64. The third-order valence-corrected chi connectivity index (χ3v) is 7.67. The maximum atomic E-state index is 13.5. The van der Waals surface area contributed by atoms with Crippen molar-refractivity contribution in [3.63, 3.8) is 0 Å². The minimum atomic E-state index is -3.60. The van der Waals surface area contributed by atoms with Crippen LogP contribution in [0.5, 0.6) is 0 Å². The van der Waals surface area contributed by atoms with Crippen molar-refractivity contribution in [3.8, 4) is 0 Å². The van der Waals surface area contributed by atoms with E-state index in [9.17, 15) is 13.2 Å². The van der Waals surface area contributed by atoms with Gasteiger partial charge in [0.05, 0.1) is 23.7 Å². The standard InChI is InChI=1S/C22H35N3O4S/c1-3-10-24(11-4-2)22(26)20-18-19(30(27,28)25-12-6-5-7-13-25)8-9-21(20)23-14-16-29-17-15-23/h8-9,18H,3-7,10-17H2,1-2H3. The summed E-state index contributed by atoms with van der Waals surface area (Å²) in [6, 6.07) is 5.08. The number of ether oxygens (including phenoxy) is 1. The number of anilines is 1. The van der Waals surface area contributed by atoms with Gasteiger partial charge in [-0.15, -0.1) is 0 Å². The van der Waals surface area contributed by atoms with Gasteiger partial charge in [0.2, 0.25) is 10.0 Å². The summed E-state index contributed by atoms with van der Waals surface area (Å²) in [6.45, 7) is 9.14. The van der Waals surface area contributed by atoms with Crippen LogP contribution < -0.4 is 4.90 Å². The fourth-order valence-corrected chi connectivity index (χ4v) is 5.75. The highest BCUT2D eigenvalue weighted by Crippen LogP contribution is 2.29. The number of piperidine rings is 1. The normalized spacial score (nSPS) is 18.4. The van der Waals surface area contributed by atoms with E-state index in [2.05, 4.69) is 18.7 Å². The molecule has 30 heavy (non-hydrogen) atoms. The number of morpholine rings is 1. The average molecular weight is 438 g/mol. The monoisotopic (exact) mass is 437 g/mol. The molecule has 0 saturated carbocycles. The number of hydrogen-bond acceptors (Lipinski definition) is 5. The molecule has 3 rings (SSSR count). The number of nitrogens with zero attached hydrogens (tertiary/aromatic N) is 3. The zero-order chi connectivity index (χ0) is 21.6. The molecule has 0 N–H and O–H groups in total. The fraction of sp³-hybridized carbons (Fsp3) is 0.682. The van der Waals surface area contributed by atoms with Crippen LogP contribution in [0.15, 0.2) is 23.1 Å². The molecule has 8 heteroatoms. The molecule has 168 valence electrons. The molecule has 0 bridgehead atoms. The summed E-state index contributed by atoms with van der Waals surface area (Å²) < 4.78 is 33.5. The van der Waals surface area contributed by atoms with Crippen molar-refractivity contribution in [1.82, 2.24) is 9.21 Å². The first-order valence-electron chi connectivity index (χ1n) is 11.2. The van der Waals surface area contributed by atoms with E-state index in [4.69, 9.17) is 4.74 Å². The Morgan fingerprint density at radius 1 is 1.00 bits per heavy atom. The second kappa shape index (κ2) is 10.6. The van der Waals surface area contributed by atoms with Crippen LogP contribution in [-0.2, 0) is 14.8 Å². The van der Waals surface area contributed by atoms with E-state index in [0.717, 1.165) is 37.8 Å². The molecule has 2 aliphatic rings. The van der Waals surface area contributed by atoms with E-state index < -0.39 is 10.0 Å². The van der Waals surface area contributed by atoms with Crippen LogP contribution in [0.1, 0.15) is 56.3 Å². The number of amides is 1. The van der Waals surface area contributed by atoms with Crippen LogP contribution >= 0.6 is 0 Å². The molecule has 0 unspecified atom stereocenters. The Balaban J connectivity index is 2.00. The summed E-state index contributed by atoms with van der Waals surface area (Å²) in [5.74, 6) is -0.0871. The van der Waals surface area contributed by atoms with Crippen LogP contribution in [-0.4, -0.2) is 76.0 Å². The summed E-state index contributed by atoms with van der Waals surface area (Å²) in [7, 11) is -3.60. The number of sulfonamides is 1. The number of carbonyl (C=O) groups excluding carboxylic acids is 1. The quantitative estimate of drug-likeness (QED) is 0.625. The Morgan fingerprint density at radius 2 is 1.63 bits per heavy atom. The van der Waals surface area contributed by atoms with Crippen molar-refractivity contribution < 1.29 is 17.9 Å². The Kier molecular flexibility index (Phi) is 8.13. The predicted molar refractivity (Wildman–Crippen MR) is 119 cm³/mol. The summed E-state index contributed by atoms with van der Waals surface area (Å²) in [6.07, 6.45) is 4.57. The van der Waals surface area contributed by atoms with Gasteiger partial charge in [-0.3, -0.25) is 4.79 Å². The fourth-order valence-electron chi connectivity index (χ4n) is 4.21. The summed E-state index contributed by atoms with van der Waals surface area (Å²) >= 11 is 0. The highest BCUT2D eigenvalue weighted by atomic mass is 32.2. The topological polar surface area (TPSA) is 70.2 Å². The van der Waals surface area contributed by atoms with Crippen LogP contribution in [0, 0.1) is 0 Å². The maximum Gasteiger partial charge on any atom is 0.256 e. The van der Waals surface area contributed by atoms with Gasteiger partial charge in [0.1, 0.15) is 0 Å². The molecule has 2 aliphatic heterocycles. The molecule has 2 heterocycles. The average Bonchev–Trinajstić information content (AvgIpc) is 2.79. The first-order valence-corrected chi connectivity index (χ1v) is 12.7. The van der Waals surface area contributed by atoms with Crippen molar-refractivity contribution in [2.75, 3.05) is 57.4 Å². The first kappa shape index (κ1) is 23.0. The second-order valence-electron chi connectivity index (χ2n) is 8.04. The van der Waals surface area contributed by atoms with Gasteiger partial charge in [-0.1, -0.05) is 20.3 Å². The van der Waals surface area contributed by atoms with E-state index in [1.54, 1.807) is 16.4 Å². The molecule has 1 aromatic carbocycles. The van der Waals surface area contributed by atoms with Gasteiger partial charge in [0, 0.05) is 45.0 Å². The lowest BCUT2D eigenvalue weighted by Crippen LogP contribution is -2.39. The largest absolute Gasteiger partial charge is 0.378 e. The van der Waals surface area contributed by atoms with Crippen molar-refractivity contribution in [2.24, 2.45) is 0 Å². The molecule has 0 aromatic heterocycles. The van der Waals surface area contributed by atoms with Crippen molar-refractivity contribution >= 4 is 21.6 Å². The molecule has 1 amide bonds. The van der Waals surface area contributed by atoms with Gasteiger partial charge in [-0.25, -0.2) is 8.42 Å². The Morgan fingerprint density at radius 3 is 2.23 bits per heavy atom. The molecule has 0 aliphatic carbocycles. The molecule has 0 spiro atoms. The van der Waals surface area contributed by atoms with E-state index >= 15 is 0 Å². The SMILES string of the molecule is CCCN(CCC)C(=O)c1cc(S(=O)(=O)N2CCCCC2)ccc1N1CCOCC1. The second-order valence-corrected chi connectivity index (χ2v) is 9.97. The Labute approximate surface area is 181 Å². The summed E-state index contributed by atoms with van der Waals surface area (Å²) in [5.41, 5.74) is 1.29. The van der Waals surface area contributed by atoms with Crippen LogP contribution in [0.4, 0.5) is 5.69 Å². The van der Waals surface area contributed by atoms with E-state index in [1.807, 2.05) is 11.0 Å². The van der Waals surface area contributed by atoms with Crippen LogP contribution in [0.3, 0.4) is 0 Å². The highest BCUT2D eigenvalue weighted by molar-refractivity contribution is 7.89. The summed E-state index contributed by atoms with van der Waals surface area (Å²) in [4.78, 5) is 17.7. The van der Waals surface area contributed by atoms with E-state index in [1.165, 1.54) is 0 Å². The molecule has 7 nitrogen and oxygen atoms in total. The zero-order valence-corrected chi connectivity index (χ0v) is 19.1. The molecule has 1 aromatic rings. The lowest BCUT2D eigenvalue weighted by Gasteiger charge is -2.32. The minimum absolute atomic E-state index is 0.0871. The molecule has 0 radical (unpaired) electrons. The van der Waals surface area contributed by atoms with E-state index in [0.29, 0.717) is 58.0 Å². The van der Waals surface area contributed by atoms with Crippen molar-refractivity contribution in [3.05, 3.63) is 23.8 Å². The highest BCUT2D eigenvalue weighted by Gasteiger charge is 2.29. The van der Waals surface area contributed by atoms with Crippen LogP contribution in [0.25, 0.3) is 0 Å². The van der Waals surface area contributed by atoms with Gasteiger partial charge in [-0.05, 0) is 43.9 Å². The van der Waals surface area contributed by atoms with Gasteiger partial charge >= 0.3 is 0 Å². The summed E-state index contributed by atoms with van der Waals surface area (Å²) in [5, 5.41) is 0. The Bertz CT molecular complexity index is 810. The lowest BCUT2D eigenvalue weighted by atomic mass is 10.1. The smallest absolute Gasteiger partial charge is 0.256 e. The van der Waals surface area contributed by atoms with Gasteiger partial charge < -0.3 is 14.5 Å². The molecule has 2 saturated heterocycles. The van der Waals surface area contributed by atoms with Gasteiger partial charge in [-0.2, -0.15) is 4.31 Å². The van der Waals surface area contributed by atoms with E-state index in [-0.39, 0.29) is 10.8 Å². The number of carbonyl (C=O) groups is 1. The van der Waals surface area contributed by atoms with Gasteiger partial charge in [0.25, 0.3) is 5.91 Å². The first-order chi connectivity index (χ1) is 14.5. The molecular formula is C22H35N3O4S. The molecule has 0 atom stereocenters. The zero-order valence-electron chi connectivity index (χ0n) is 18.3. The van der Waals surface area contributed by atoms with Gasteiger partial charge in [0.15, 0.2) is 0 Å². The maximum absolute atomic E-state index is 13.5.